The number of hydrogen-bond acceptors (Lipinski definition) is 3. The molecule has 1 aromatic rings. The Morgan fingerprint density at radius 3 is 2.28 bits per heavy atom. The molecule has 100 valence electrons. The topological polar surface area (TPSA) is 75.6 Å². The maximum Gasteiger partial charge on any atom is 0.320 e. The number of hydrogen-bond donors (Lipinski definition) is 2. The summed E-state index contributed by atoms with van der Waals surface area (Å²) >= 11 is 0. The van der Waals surface area contributed by atoms with Gasteiger partial charge in [0.25, 0.3) is 0 Å². The molecule has 0 amide bonds. The zero-order chi connectivity index (χ0) is 13.8. The molecule has 0 aliphatic heterocycles. The standard InChI is InChI=1S/C12H18NO4P/c1-9(2)18(16,13-10(3)12(14)15)17-11-7-5-4-6-8-11/h4-10H,1-3H3,(H,13,16)(H,14,15)/t10-,18?/m1/s1. The van der Waals surface area contributed by atoms with Crippen LogP contribution in [0.15, 0.2) is 30.3 Å². The van der Waals surface area contributed by atoms with Gasteiger partial charge in [-0.15, -0.1) is 0 Å². The summed E-state index contributed by atoms with van der Waals surface area (Å²) in [7, 11) is -3.25. The fourth-order valence-corrected chi connectivity index (χ4v) is 2.89. The quantitative estimate of drug-likeness (QED) is 0.778. The summed E-state index contributed by atoms with van der Waals surface area (Å²) in [4.78, 5) is 10.8. The first-order chi connectivity index (χ1) is 8.35. The van der Waals surface area contributed by atoms with Crippen LogP contribution in [-0.4, -0.2) is 22.8 Å². The molecular formula is C12H18NO4P. The molecule has 2 atom stereocenters. The van der Waals surface area contributed by atoms with Crippen LogP contribution in [0.4, 0.5) is 0 Å². The zero-order valence-corrected chi connectivity index (χ0v) is 11.6. The monoisotopic (exact) mass is 271 g/mol. The largest absolute Gasteiger partial charge is 0.480 e. The van der Waals surface area contributed by atoms with Crippen molar-refractivity contribution in [2.75, 3.05) is 0 Å². The Labute approximate surface area is 107 Å². The molecule has 2 N–H and O–H groups in total. The Hall–Kier alpha value is -1.32. The summed E-state index contributed by atoms with van der Waals surface area (Å²) in [5.41, 5.74) is -0.320. The maximum absolute atomic E-state index is 12.6. The number of benzene rings is 1. The van der Waals surface area contributed by atoms with Crippen molar-refractivity contribution in [2.24, 2.45) is 0 Å². The lowest BCUT2D eigenvalue weighted by Crippen LogP contribution is -2.35. The van der Waals surface area contributed by atoms with Gasteiger partial charge in [0.15, 0.2) is 0 Å². The summed E-state index contributed by atoms with van der Waals surface area (Å²) in [6.45, 7) is 4.89. The highest BCUT2D eigenvalue weighted by Crippen LogP contribution is 2.48. The van der Waals surface area contributed by atoms with E-state index in [0.717, 1.165) is 0 Å². The SMILES string of the molecule is CC(C)P(=O)(N[C@H](C)C(=O)O)Oc1ccccc1. The lowest BCUT2D eigenvalue weighted by Gasteiger charge is -2.25. The number of rotatable bonds is 6. The average Bonchev–Trinajstić information content (AvgIpc) is 2.29. The summed E-state index contributed by atoms with van der Waals surface area (Å²) in [6, 6.07) is 7.79. The van der Waals surface area contributed by atoms with Gasteiger partial charge in [-0.3, -0.25) is 9.36 Å². The normalized spacial score (nSPS) is 16.0. The third kappa shape index (κ3) is 3.86. The van der Waals surface area contributed by atoms with Crippen LogP contribution >= 0.6 is 7.52 Å². The molecule has 5 nitrogen and oxygen atoms in total. The summed E-state index contributed by atoms with van der Waals surface area (Å²) in [6.07, 6.45) is 0. The highest BCUT2D eigenvalue weighted by molar-refractivity contribution is 7.58. The molecule has 0 radical (unpaired) electrons. The molecule has 0 heterocycles. The average molecular weight is 271 g/mol. The second-order valence-electron chi connectivity index (χ2n) is 4.28. The van der Waals surface area contributed by atoms with Crippen molar-refractivity contribution >= 4 is 13.5 Å². The molecule has 0 fully saturated rings. The minimum absolute atomic E-state index is 0.320. The number of aliphatic carboxylic acids is 1. The summed E-state index contributed by atoms with van der Waals surface area (Å²) in [5, 5.41) is 11.4. The molecule has 1 rings (SSSR count). The lowest BCUT2D eigenvalue weighted by molar-refractivity contribution is -0.138. The van der Waals surface area contributed by atoms with Crippen molar-refractivity contribution in [2.45, 2.75) is 32.5 Å². The molecule has 0 saturated carbocycles. The van der Waals surface area contributed by atoms with E-state index in [-0.39, 0.29) is 5.66 Å². The molecule has 0 aliphatic rings. The van der Waals surface area contributed by atoms with Crippen LogP contribution in [0, 0.1) is 0 Å². The van der Waals surface area contributed by atoms with Gasteiger partial charge in [-0.1, -0.05) is 32.0 Å². The van der Waals surface area contributed by atoms with Gasteiger partial charge in [0, 0.05) is 0 Å². The Morgan fingerprint density at radius 1 is 1.28 bits per heavy atom. The van der Waals surface area contributed by atoms with E-state index in [1.165, 1.54) is 6.92 Å². The third-order valence-electron chi connectivity index (χ3n) is 2.41. The molecule has 18 heavy (non-hydrogen) atoms. The van der Waals surface area contributed by atoms with Crippen LogP contribution in [-0.2, 0) is 9.36 Å². The number of carbonyl (C=O) groups is 1. The third-order valence-corrected chi connectivity index (χ3v) is 5.00. The molecule has 0 saturated heterocycles. The van der Waals surface area contributed by atoms with Gasteiger partial charge in [-0.05, 0) is 19.1 Å². The van der Waals surface area contributed by atoms with E-state index < -0.39 is 19.5 Å². The van der Waals surface area contributed by atoms with E-state index in [0.29, 0.717) is 5.75 Å². The Morgan fingerprint density at radius 2 is 1.83 bits per heavy atom. The van der Waals surface area contributed by atoms with Gasteiger partial charge < -0.3 is 9.63 Å². The molecule has 0 aromatic heterocycles. The van der Waals surface area contributed by atoms with Gasteiger partial charge >= 0.3 is 13.5 Å². The van der Waals surface area contributed by atoms with Crippen molar-refractivity contribution in [1.29, 1.82) is 0 Å². The van der Waals surface area contributed by atoms with Crippen LogP contribution in [0.3, 0.4) is 0 Å². The van der Waals surface area contributed by atoms with Crippen molar-refractivity contribution < 1.29 is 19.0 Å². The highest BCUT2D eigenvalue weighted by Gasteiger charge is 2.32. The van der Waals surface area contributed by atoms with E-state index in [9.17, 15) is 9.36 Å². The molecular weight excluding hydrogens is 253 g/mol. The van der Waals surface area contributed by atoms with Crippen molar-refractivity contribution in [1.82, 2.24) is 5.09 Å². The Bertz CT molecular complexity index is 447. The smallest absolute Gasteiger partial charge is 0.320 e. The first-order valence-corrected chi connectivity index (χ1v) is 7.39. The fourth-order valence-electron chi connectivity index (χ4n) is 1.24. The van der Waals surface area contributed by atoms with E-state index in [2.05, 4.69) is 5.09 Å². The number of nitrogens with one attached hydrogen (secondary N) is 1. The molecule has 0 bridgehead atoms. The van der Waals surface area contributed by atoms with Crippen LogP contribution in [0.25, 0.3) is 0 Å². The predicted octanol–water partition coefficient (Wildman–Crippen LogP) is 2.73. The first-order valence-electron chi connectivity index (χ1n) is 5.70. The van der Waals surface area contributed by atoms with Crippen LogP contribution in [0.2, 0.25) is 0 Å². The molecule has 0 aliphatic carbocycles. The van der Waals surface area contributed by atoms with E-state index in [1.54, 1.807) is 38.1 Å². The van der Waals surface area contributed by atoms with Gasteiger partial charge in [0.05, 0.1) is 5.66 Å². The molecule has 1 unspecified atom stereocenters. The lowest BCUT2D eigenvalue weighted by atomic mass is 10.3. The van der Waals surface area contributed by atoms with Crippen molar-refractivity contribution in [3.8, 4) is 5.75 Å². The van der Waals surface area contributed by atoms with Gasteiger partial charge in [-0.25, -0.2) is 5.09 Å². The molecule has 1 aromatic carbocycles. The van der Waals surface area contributed by atoms with Crippen LogP contribution < -0.4 is 9.61 Å². The number of para-hydroxylation sites is 1. The van der Waals surface area contributed by atoms with Crippen LogP contribution in [0.1, 0.15) is 20.8 Å². The van der Waals surface area contributed by atoms with E-state index in [1.807, 2.05) is 6.07 Å². The van der Waals surface area contributed by atoms with Crippen molar-refractivity contribution in [3.05, 3.63) is 30.3 Å². The molecule has 0 spiro atoms. The second kappa shape index (κ2) is 6.03. The van der Waals surface area contributed by atoms with Crippen molar-refractivity contribution in [3.63, 3.8) is 0 Å². The zero-order valence-electron chi connectivity index (χ0n) is 10.7. The highest BCUT2D eigenvalue weighted by atomic mass is 31.2. The summed E-state index contributed by atoms with van der Waals surface area (Å²) in [5.74, 6) is -0.604. The maximum atomic E-state index is 12.6. The van der Waals surface area contributed by atoms with Crippen LogP contribution in [0.5, 0.6) is 5.75 Å². The van der Waals surface area contributed by atoms with Gasteiger partial charge in [0.2, 0.25) is 0 Å². The number of carboxylic acid groups (broad SMARTS) is 1. The van der Waals surface area contributed by atoms with Gasteiger partial charge in [-0.2, -0.15) is 0 Å². The van der Waals surface area contributed by atoms with Gasteiger partial charge in [0.1, 0.15) is 11.8 Å². The first kappa shape index (κ1) is 14.7. The van der Waals surface area contributed by atoms with E-state index >= 15 is 0 Å². The Balaban J connectivity index is 2.88. The minimum atomic E-state index is -3.25. The predicted molar refractivity (Wildman–Crippen MR) is 70.0 cm³/mol. The Kier molecular flexibility index (Phi) is 4.93. The summed E-state index contributed by atoms with van der Waals surface area (Å²) < 4.78 is 18.1. The number of carboxylic acids is 1. The minimum Gasteiger partial charge on any atom is -0.480 e. The van der Waals surface area contributed by atoms with E-state index in [4.69, 9.17) is 9.63 Å². The molecule has 6 heteroatoms. The second-order valence-corrected chi connectivity index (χ2v) is 6.95. The fraction of sp³-hybridized carbons (Fsp3) is 0.417.